The monoisotopic (exact) mass is 483 g/mol. The fourth-order valence-corrected chi connectivity index (χ4v) is 3.50. The average Bonchev–Trinajstić information content (AvgIpc) is 3.33. The van der Waals surface area contributed by atoms with Crippen LogP contribution in [0.25, 0.3) is 17.0 Å². The van der Waals surface area contributed by atoms with Gasteiger partial charge >= 0.3 is 12.1 Å². The molecule has 182 valence electrons. The molecule has 2 aromatic carbocycles. The topological polar surface area (TPSA) is 83.5 Å². The summed E-state index contributed by atoms with van der Waals surface area (Å²) in [4.78, 5) is 15.7. The van der Waals surface area contributed by atoms with E-state index in [0.29, 0.717) is 17.1 Å². The number of nitrogens with zero attached hydrogens (tertiary/aromatic N) is 1. The van der Waals surface area contributed by atoms with Crippen molar-refractivity contribution in [2.45, 2.75) is 26.2 Å². The minimum Gasteiger partial charge on any atom is -0.492 e. The van der Waals surface area contributed by atoms with Crippen LogP contribution in [0.2, 0.25) is 0 Å². The minimum atomic E-state index is -4.45. The number of rotatable bonds is 7. The molecule has 0 saturated carbocycles. The molecule has 1 aromatic heterocycles. The number of carbonyl (C=O) groups is 1. The van der Waals surface area contributed by atoms with E-state index in [9.17, 15) is 23.1 Å². The first-order valence-corrected chi connectivity index (χ1v) is 10.9. The zero-order chi connectivity index (χ0) is 25.2. The maximum Gasteiger partial charge on any atom is 0.417 e. The van der Waals surface area contributed by atoms with Crippen LogP contribution in [0, 0.1) is 5.41 Å². The van der Waals surface area contributed by atoms with Crippen molar-refractivity contribution in [3.63, 3.8) is 0 Å². The Morgan fingerprint density at radius 1 is 1.06 bits per heavy atom. The van der Waals surface area contributed by atoms with Crippen LogP contribution >= 0.6 is 0 Å². The Labute approximate surface area is 200 Å². The van der Waals surface area contributed by atoms with Gasteiger partial charge in [-0.2, -0.15) is 13.2 Å². The van der Waals surface area contributed by atoms with Gasteiger partial charge in [0.25, 0.3) is 0 Å². The summed E-state index contributed by atoms with van der Waals surface area (Å²) in [6.07, 6.45) is -1.67. The molecule has 2 heterocycles. The SMILES string of the molecule is CC(C)(COc1ccc(-c2ccc(C3NC=C(c4ccccc4C(F)(F)F)N3)cn2)cc1)C(=O)O. The smallest absolute Gasteiger partial charge is 0.417 e. The van der Waals surface area contributed by atoms with E-state index in [0.717, 1.165) is 17.2 Å². The summed E-state index contributed by atoms with van der Waals surface area (Å²) in [5.74, 6) is -0.381. The predicted octanol–water partition coefficient (Wildman–Crippen LogP) is 5.45. The molecule has 1 aliphatic rings. The van der Waals surface area contributed by atoms with Crippen molar-refractivity contribution in [1.29, 1.82) is 0 Å². The minimum absolute atomic E-state index is 0.0412. The van der Waals surface area contributed by atoms with Gasteiger partial charge in [0, 0.05) is 29.1 Å². The third-order valence-corrected chi connectivity index (χ3v) is 5.67. The molecule has 0 saturated heterocycles. The summed E-state index contributed by atoms with van der Waals surface area (Å²) in [6.45, 7) is 3.23. The Bertz CT molecular complexity index is 1240. The molecule has 1 atom stereocenters. The Morgan fingerprint density at radius 2 is 1.77 bits per heavy atom. The second-order valence-corrected chi connectivity index (χ2v) is 8.82. The first-order valence-electron chi connectivity index (χ1n) is 10.9. The van der Waals surface area contributed by atoms with E-state index >= 15 is 0 Å². The van der Waals surface area contributed by atoms with Gasteiger partial charge in [0.1, 0.15) is 18.5 Å². The van der Waals surface area contributed by atoms with Gasteiger partial charge in [0.15, 0.2) is 0 Å². The molecular weight excluding hydrogens is 459 g/mol. The molecule has 3 N–H and O–H groups in total. The van der Waals surface area contributed by atoms with Crippen LogP contribution in [0.15, 0.2) is 73.1 Å². The van der Waals surface area contributed by atoms with Crippen LogP contribution in [-0.2, 0) is 11.0 Å². The lowest BCUT2D eigenvalue weighted by Crippen LogP contribution is -2.30. The number of carboxylic acid groups (broad SMARTS) is 1. The van der Waals surface area contributed by atoms with E-state index in [1.54, 1.807) is 38.2 Å². The van der Waals surface area contributed by atoms with Crippen LogP contribution in [0.4, 0.5) is 13.2 Å². The Kier molecular flexibility index (Phi) is 6.43. The number of aliphatic carboxylic acids is 1. The van der Waals surface area contributed by atoms with E-state index < -0.39 is 29.3 Å². The van der Waals surface area contributed by atoms with Crippen molar-refractivity contribution in [3.05, 3.63) is 89.8 Å². The number of halogens is 3. The van der Waals surface area contributed by atoms with Crippen molar-refractivity contribution in [1.82, 2.24) is 15.6 Å². The molecule has 35 heavy (non-hydrogen) atoms. The number of benzene rings is 2. The lowest BCUT2D eigenvalue weighted by molar-refractivity contribution is -0.148. The predicted molar refractivity (Wildman–Crippen MR) is 125 cm³/mol. The molecule has 6 nitrogen and oxygen atoms in total. The number of pyridine rings is 1. The molecule has 1 aliphatic heterocycles. The highest BCUT2D eigenvalue weighted by atomic mass is 19.4. The molecule has 1 unspecified atom stereocenters. The van der Waals surface area contributed by atoms with Gasteiger partial charge < -0.3 is 20.5 Å². The highest BCUT2D eigenvalue weighted by Crippen LogP contribution is 2.35. The molecule has 0 aliphatic carbocycles. The first-order chi connectivity index (χ1) is 16.5. The van der Waals surface area contributed by atoms with Crippen LogP contribution in [0.1, 0.15) is 36.7 Å². The van der Waals surface area contributed by atoms with Crippen molar-refractivity contribution < 1.29 is 27.8 Å². The average molecular weight is 483 g/mol. The number of carboxylic acids is 1. The maximum absolute atomic E-state index is 13.4. The van der Waals surface area contributed by atoms with E-state index in [1.165, 1.54) is 18.3 Å². The number of ether oxygens (including phenoxy) is 1. The Hall–Kier alpha value is -4.01. The Morgan fingerprint density at radius 3 is 2.40 bits per heavy atom. The summed E-state index contributed by atoms with van der Waals surface area (Å²) in [5.41, 5.74) is 1.05. The summed E-state index contributed by atoms with van der Waals surface area (Å²) < 4.78 is 45.7. The second kappa shape index (κ2) is 9.32. The zero-order valence-electron chi connectivity index (χ0n) is 19.1. The molecule has 0 amide bonds. The molecule has 0 spiro atoms. The third-order valence-electron chi connectivity index (χ3n) is 5.67. The van der Waals surface area contributed by atoms with Crippen molar-refractivity contribution in [3.8, 4) is 17.0 Å². The van der Waals surface area contributed by atoms with E-state index in [2.05, 4.69) is 15.6 Å². The lowest BCUT2D eigenvalue weighted by atomic mass is 9.95. The number of nitrogens with one attached hydrogen (secondary N) is 2. The lowest BCUT2D eigenvalue weighted by Gasteiger charge is -2.19. The van der Waals surface area contributed by atoms with E-state index in [1.807, 2.05) is 24.3 Å². The molecular formula is C26H24F3N3O3. The van der Waals surface area contributed by atoms with E-state index in [4.69, 9.17) is 4.74 Å². The molecule has 0 fully saturated rings. The van der Waals surface area contributed by atoms with Crippen molar-refractivity contribution in [2.75, 3.05) is 6.61 Å². The van der Waals surface area contributed by atoms with Gasteiger partial charge in [0.2, 0.25) is 0 Å². The van der Waals surface area contributed by atoms with Crippen molar-refractivity contribution in [2.24, 2.45) is 5.41 Å². The zero-order valence-corrected chi connectivity index (χ0v) is 19.1. The van der Waals surface area contributed by atoms with E-state index in [-0.39, 0.29) is 12.2 Å². The van der Waals surface area contributed by atoms with Crippen molar-refractivity contribution >= 4 is 11.7 Å². The number of hydrogen-bond acceptors (Lipinski definition) is 5. The fraction of sp³-hybridized carbons (Fsp3) is 0.231. The number of hydrogen-bond donors (Lipinski definition) is 3. The van der Waals surface area contributed by atoms with Gasteiger partial charge in [-0.1, -0.05) is 24.3 Å². The second-order valence-electron chi connectivity index (χ2n) is 8.82. The number of alkyl halides is 3. The van der Waals surface area contributed by atoms with Gasteiger partial charge in [-0.15, -0.1) is 0 Å². The van der Waals surface area contributed by atoms with Gasteiger partial charge in [-0.25, -0.2) is 0 Å². The molecule has 4 rings (SSSR count). The Balaban J connectivity index is 1.41. The summed E-state index contributed by atoms with van der Waals surface area (Å²) >= 11 is 0. The number of aromatic nitrogens is 1. The first kappa shape index (κ1) is 24.1. The highest BCUT2D eigenvalue weighted by Gasteiger charge is 2.35. The molecule has 9 heteroatoms. The van der Waals surface area contributed by atoms with Gasteiger partial charge in [-0.05, 0) is 50.2 Å². The maximum atomic E-state index is 13.4. The normalized spacial score (nSPS) is 15.7. The third kappa shape index (κ3) is 5.40. The van der Waals surface area contributed by atoms with Crippen LogP contribution in [0.3, 0.4) is 0 Å². The molecule has 0 radical (unpaired) electrons. The summed E-state index contributed by atoms with van der Waals surface area (Å²) in [6, 6.07) is 16.2. The highest BCUT2D eigenvalue weighted by molar-refractivity contribution is 5.73. The quantitative estimate of drug-likeness (QED) is 0.415. The fourth-order valence-electron chi connectivity index (χ4n) is 3.50. The largest absolute Gasteiger partial charge is 0.492 e. The summed E-state index contributed by atoms with van der Waals surface area (Å²) in [5, 5.41) is 15.3. The van der Waals surface area contributed by atoms with Gasteiger partial charge in [0.05, 0.1) is 22.4 Å². The van der Waals surface area contributed by atoms with Crippen LogP contribution in [-0.4, -0.2) is 22.7 Å². The standard InChI is InChI=1S/C26H24F3N3O3/c1-25(2,24(33)34)15-35-18-10-7-16(8-11-18)21-12-9-17(13-30-21)23-31-14-22(32-23)19-5-3-4-6-20(19)26(27,28)29/h3-14,23,31-32H,15H2,1-2H3,(H,33,34). The van der Waals surface area contributed by atoms with Crippen LogP contribution in [0.5, 0.6) is 5.75 Å². The molecule has 0 bridgehead atoms. The van der Waals surface area contributed by atoms with Crippen LogP contribution < -0.4 is 15.4 Å². The summed E-state index contributed by atoms with van der Waals surface area (Å²) in [7, 11) is 0. The van der Waals surface area contributed by atoms with Gasteiger partial charge in [-0.3, -0.25) is 9.78 Å². The molecule has 3 aromatic rings.